The normalized spacial score (nSPS) is 10.6. The number of aliphatic hydroxyl groups is 1. The van der Waals surface area contributed by atoms with Gasteiger partial charge < -0.3 is 10.1 Å². The Balaban J connectivity index is 0.000000196. The molecule has 0 amide bonds. The van der Waals surface area contributed by atoms with Crippen molar-refractivity contribution >= 4 is 27.3 Å². The first kappa shape index (κ1) is 34.1. The second kappa shape index (κ2) is 17.0. The molecule has 4 nitrogen and oxygen atoms in total. The second-order valence-corrected chi connectivity index (χ2v) is 10.3. The Kier molecular flexibility index (Phi) is 13.2. The number of hydrogen-bond donors (Lipinski definition) is 1. The number of aromatic amines is 1. The van der Waals surface area contributed by atoms with E-state index < -0.39 is 0 Å². The number of H-pyrrole nitrogens is 1. The summed E-state index contributed by atoms with van der Waals surface area (Å²) in [5.74, 6) is 0.250. The van der Waals surface area contributed by atoms with Gasteiger partial charge in [0.1, 0.15) is 0 Å². The molecule has 0 saturated carbocycles. The topological polar surface area (TPSA) is 68.7 Å². The first-order valence-electron chi connectivity index (χ1n) is 14.6. The zero-order chi connectivity index (χ0) is 30.6. The van der Waals surface area contributed by atoms with E-state index >= 15 is 0 Å². The van der Waals surface area contributed by atoms with Gasteiger partial charge >= 0.3 is 5.78 Å². The molecule has 4 aromatic carbocycles. The molecular weight excluding hydrogens is 721 g/mol. The molecular formula is C39H39IrN2O2+. The molecule has 6 aromatic rings. The van der Waals surface area contributed by atoms with Gasteiger partial charge in [-0.1, -0.05) is 74.9 Å². The summed E-state index contributed by atoms with van der Waals surface area (Å²) in [6.45, 7) is 7.33. The molecule has 0 unspecified atom stereocenters. The summed E-state index contributed by atoms with van der Waals surface area (Å²) in [6.07, 6.45) is 7.27. The molecule has 0 saturated heterocycles. The number of pyridine rings is 2. The Hall–Kier alpha value is -4.44. The zero-order valence-corrected chi connectivity index (χ0v) is 28.0. The van der Waals surface area contributed by atoms with E-state index in [4.69, 9.17) is 9.90 Å². The van der Waals surface area contributed by atoms with Crippen LogP contribution in [0.2, 0.25) is 0 Å². The van der Waals surface area contributed by atoms with Gasteiger partial charge in [0.25, 0.3) is 0 Å². The van der Waals surface area contributed by atoms with Crippen molar-refractivity contribution in [1.82, 2.24) is 4.98 Å². The van der Waals surface area contributed by atoms with E-state index in [1.165, 1.54) is 63.9 Å². The molecule has 0 aliphatic heterocycles. The fourth-order valence-electron chi connectivity index (χ4n) is 4.77. The number of allylic oxidation sites excluding steroid dienone is 2. The number of aliphatic hydroxyl groups excluding tert-OH is 1. The maximum atomic E-state index is 8.40. The Labute approximate surface area is 273 Å². The first-order chi connectivity index (χ1) is 20.9. The molecule has 0 atom stereocenters. The van der Waals surface area contributed by atoms with Gasteiger partial charge in [0.15, 0.2) is 6.20 Å². The molecule has 5 heteroatoms. The third-order valence-corrected chi connectivity index (χ3v) is 7.00. The maximum absolute atomic E-state index is 8.40. The standard InChI is InChI=1S/C17H15N.C17H14N.C5H8O2.Ir/c2*1-2-13-7-9-15(10-8-13)17-16-6-4-3-5-14(16)11-12-18-17;1-4(6)3-5(2)7;/h3-12H,2H2,1H3;3-9,11-12H,2H2,1H3;3,6H,1-2H3;/q;-1;;/p+2. The minimum Gasteiger partial charge on any atom is -0.512 e. The van der Waals surface area contributed by atoms with Gasteiger partial charge in [-0.3, -0.25) is 4.79 Å². The Morgan fingerprint density at radius 2 is 1.41 bits per heavy atom. The van der Waals surface area contributed by atoms with Gasteiger partial charge in [0, 0.05) is 37.9 Å². The van der Waals surface area contributed by atoms with Crippen LogP contribution in [0.3, 0.4) is 0 Å². The van der Waals surface area contributed by atoms with Crippen LogP contribution in [0.4, 0.5) is 0 Å². The molecule has 0 aliphatic rings. The number of carbonyl (C=O) groups excluding carboxylic acids is 1. The smallest absolute Gasteiger partial charge is 0.316 e. The quantitative estimate of drug-likeness (QED) is 0.0825. The average Bonchev–Trinajstić information content (AvgIpc) is 3.04. The van der Waals surface area contributed by atoms with Crippen LogP contribution in [0.25, 0.3) is 44.1 Å². The molecule has 3 N–H and O–H groups in total. The largest absolute Gasteiger partial charge is 0.512 e. The van der Waals surface area contributed by atoms with E-state index in [-0.39, 0.29) is 31.6 Å². The summed E-state index contributed by atoms with van der Waals surface area (Å²) < 4.78 is 0. The number of nitrogens with zero attached hydrogens (tertiary/aromatic N) is 1. The first-order valence-corrected chi connectivity index (χ1v) is 14.6. The van der Waals surface area contributed by atoms with Gasteiger partial charge in [-0.25, -0.2) is 4.98 Å². The monoisotopic (exact) mass is 760 g/mol. The van der Waals surface area contributed by atoms with Gasteiger partial charge in [0.05, 0.1) is 24.1 Å². The van der Waals surface area contributed by atoms with Crippen LogP contribution in [0.15, 0.2) is 127 Å². The van der Waals surface area contributed by atoms with Gasteiger partial charge in [-0.05, 0) is 65.0 Å². The van der Waals surface area contributed by atoms with Crippen LogP contribution in [-0.2, 0) is 32.9 Å². The number of fused-ring (bicyclic) bond motifs is 2. The second-order valence-electron chi connectivity index (χ2n) is 10.3. The van der Waals surface area contributed by atoms with E-state index in [9.17, 15) is 0 Å². The van der Waals surface area contributed by atoms with Crippen molar-refractivity contribution in [2.45, 2.75) is 40.5 Å². The SMILES string of the molecule is CC(=[OH+])C=C(C)O.CCc1c[c-]c(-c2nccc3ccccc23)cc1.CCc1ccc(-c2[nH+]ccc3ccccc23)cc1.[Ir]. The molecule has 0 spiro atoms. The summed E-state index contributed by atoms with van der Waals surface area (Å²) in [5, 5.41) is 13.3. The minimum atomic E-state index is 0. The van der Waals surface area contributed by atoms with Crippen molar-refractivity contribution in [3.05, 3.63) is 145 Å². The molecule has 2 heterocycles. The summed E-state index contributed by atoms with van der Waals surface area (Å²) in [5.41, 5.74) is 7.18. The predicted octanol–water partition coefficient (Wildman–Crippen LogP) is 9.16. The molecule has 6 rings (SSSR count). The van der Waals surface area contributed by atoms with Crippen molar-refractivity contribution in [3.8, 4) is 22.5 Å². The van der Waals surface area contributed by atoms with Crippen molar-refractivity contribution in [2.24, 2.45) is 0 Å². The van der Waals surface area contributed by atoms with Crippen LogP contribution < -0.4 is 4.98 Å². The third-order valence-electron chi connectivity index (χ3n) is 7.00. The van der Waals surface area contributed by atoms with Crippen LogP contribution in [-0.4, -0.2) is 20.7 Å². The van der Waals surface area contributed by atoms with E-state index in [1.54, 1.807) is 0 Å². The average molecular weight is 760 g/mol. The third kappa shape index (κ3) is 9.28. The van der Waals surface area contributed by atoms with Crippen LogP contribution >= 0.6 is 0 Å². The van der Waals surface area contributed by atoms with E-state index in [0.717, 1.165) is 24.1 Å². The number of aryl methyl sites for hydroxylation is 2. The van der Waals surface area contributed by atoms with Crippen molar-refractivity contribution in [2.75, 3.05) is 0 Å². The number of ketones is 1. The Morgan fingerprint density at radius 3 is 1.98 bits per heavy atom. The van der Waals surface area contributed by atoms with Gasteiger partial charge in [-0.15, -0.1) is 35.4 Å². The molecule has 1 radical (unpaired) electrons. The predicted molar refractivity (Wildman–Crippen MR) is 180 cm³/mol. The number of hydrogen-bond acceptors (Lipinski definition) is 2. The summed E-state index contributed by atoms with van der Waals surface area (Å²) in [6, 6.07) is 39.4. The maximum Gasteiger partial charge on any atom is 0.316 e. The molecule has 0 fully saturated rings. The molecule has 0 aliphatic carbocycles. The van der Waals surface area contributed by atoms with Crippen molar-refractivity contribution in [1.29, 1.82) is 0 Å². The summed E-state index contributed by atoms with van der Waals surface area (Å²) in [4.78, 5) is 16.3. The van der Waals surface area contributed by atoms with E-state index in [2.05, 4.69) is 121 Å². The van der Waals surface area contributed by atoms with Crippen molar-refractivity contribution in [3.63, 3.8) is 0 Å². The van der Waals surface area contributed by atoms with E-state index in [1.807, 2.05) is 24.5 Å². The Morgan fingerprint density at radius 1 is 0.795 bits per heavy atom. The van der Waals surface area contributed by atoms with Crippen molar-refractivity contribution < 1.29 is 35.0 Å². The molecule has 44 heavy (non-hydrogen) atoms. The number of benzene rings is 4. The number of aromatic nitrogens is 2. The molecule has 225 valence electrons. The van der Waals surface area contributed by atoms with Crippen LogP contribution in [0, 0.1) is 6.07 Å². The summed E-state index contributed by atoms with van der Waals surface area (Å²) in [7, 11) is 0. The zero-order valence-electron chi connectivity index (χ0n) is 25.6. The molecule has 0 bridgehead atoms. The van der Waals surface area contributed by atoms with Gasteiger partial charge in [0.2, 0.25) is 5.69 Å². The minimum absolute atomic E-state index is 0. The number of rotatable bonds is 5. The number of nitrogens with one attached hydrogen (secondary N) is 1. The van der Waals surface area contributed by atoms with Gasteiger partial charge in [-0.2, -0.15) is 0 Å². The van der Waals surface area contributed by atoms with Crippen LogP contribution in [0.1, 0.15) is 38.8 Å². The van der Waals surface area contributed by atoms with Crippen LogP contribution in [0.5, 0.6) is 0 Å². The summed E-state index contributed by atoms with van der Waals surface area (Å²) >= 11 is 0. The molecule has 2 aromatic heterocycles. The fourth-order valence-corrected chi connectivity index (χ4v) is 4.77. The van der Waals surface area contributed by atoms with E-state index in [0.29, 0.717) is 0 Å². The fraction of sp³-hybridized carbons (Fsp3) is 0.154. The Bertz CT molecular complexity index is 1690.